The van der Waals surface area contributed by atoms with E-state index in [9.17, 15) is 4.79 Å². The van der Waals surface area contributed by atoms with E-state index in [1.165, 1.54) is 19.3 Å². The number of nitrogens with one attached hydrogen (secondary N) is 1. The lowest BCUT2D eigenvalue weighted by Crippen LogP contribution is -2.39. The van der Waals surface area contributed by atoms with Crippen LogP contribution < -0.4 is 0 Å². The minimum Gasteiger partial charge on any atom is -0.368 e. The first-order valence-electron chi connectivity index (χ1n) is 9.32. The number of nitrogens with zero attached hydrogens (tertiary/aromatic N) is 2. The first-order valence-corrected chi connectivity index (χ1v) is 9.32. The maximum absolute atomic E-state index is 12.6. The summed E-state index contributed by atoms with van der Waals surface area (Å²) in [6, 6.07) is 10.1. The molecule has 1 aromatic heterocycles. The normalized spacial score (nSPS) is 18.2. The summed E-state index contributed by atoms with van der Waals surface area (Å²) in [5.41, 5.74) is 4.34. The van der Waals surface area contributed by atoms with E-state index in [1.807, 2.05) is 23.1 Å². The number of ether oxygens (including phenoxy) is 1. The zero-order valence-corrected chi connectivity index (χ0v) is 14.5. The Kier molecular flexibility index (Phi) is 4.83. The van der Waals surface area contributed by atoms with Crippen molar-refractivity contribution in [1.82, 2.24) is 15.1 Å². The lowest BCUT2D eigenvalue weighted by atomic mass is 9.98. The summed E-state index contributed by atoms with van der Waals surface area (Å²) in [4.78, 5) is 14.5. The summed E-state index contributed by atoms with van der Waals surface area (Å²) < 4.78 is 5.87. The molecule has 0 radical (unpaired) electrons. The van der Waals surface area contributed by atoms with Crippen LogP contribution in [-0.2, 0) is 22.5 Å². The van der Waals surface area contributed by atoms with Crippen LogP contribution in [0.25, 0.3) is 11.3 Å². The lowest BCUT2D eigenvalue weighted by molar-refractivity contribution is -0.139. The molecule has 25 heavy (non-hydrogen) atoms. The van der Waals surface area contributed by atoms with Crippen LogP contribution in [-0.4, -0.2) is 40.3 Å². The molecule has 0 atom stereocenters. The standard InChI is InChI=1S/C20H25N3O2/c24-19(14-25-16-9-5-2-6-10-16)23-12-11-18-17(13-23)20(22-21-18)15-7-3-1-4-8-15/h1,3-4,7-8,16H,2,5-6,9-14H2,(H,21,22). The summed E-state index contributed by atoms with van der Waals surface area (Å²) in [6.07, 6.45) is 7.03. The van der Waals surface area contributed by atoms with Crippen molar-refractivity contribution in [3.05, 3.63) is 41.6 Å². The molecular weight excluding hydrogens is 314 g/mol. The van der Waals surface area contributed by atoms with Gasteiger partial charge in [-0.15, -0.1) is 0 Å². The SMILES string of the molecule is O=C(COC1CCCCC1)N1CCc2[nH]nc(-c3ccccc3)c2C1. The number of amides is 1. The van der Waals surface area contributed by atoms with Gasteiger partial charge in [0.25, 0.3) is 0 Å². The zero-order chi connectivity index (χ0) is 17.1. The molecule has 4 rings (SSSR count). The minimum atomic E-state index is 0.0939. The number of rotatable bonds is 4. The number of fused-ring (bicyclic) bond motifs is 1. The van der Waals surface area contributed by atoms with Crippen LogP contribution in [0.3, 0.4) is 0 Å². The average Bonchev–Trinajstić information content (AvgIpc) is 3.11. The van der Waals surface area contributed by atoms with Gasteiger partial charge in [0.15, 0.2) is 0 Å². The molecule has 0 unspecified atom stereocenters. The second-order valence-electron chi connectivity index (χ2n) is 7.03. The zero-order valence-electron chi connectivity index (χ0n) is 14.5. The molecule has 0 bridgehead atoms. The fourth-order valence-corrected chi connectivity index (χ4v) is 3.85. The third-order valence-electron chi connectivity index (χ3n) is 5.33. The molecule has 2 aromatic rings. The second-order valence-corrected chi connectivity index (χ2v) is 7.03. The van der Waals surface area contributed by atoms with E-state index in [1.54, 1.807) is 0 Å². The minimum absolute atomic E-state index is 0.0939. The van der Waals surface area contributed by atoms with Crippen LogP contribution in [0.5, 0.6) is 0 Å². The van der Waals surface area contributed by atoms with E-state index in [0.29, 0.717) is 6.54 Å². The Morgan fingerprint density at radius 2 is 2.00 bits per heavy atom. The van der Waals surface area contributed by atoms with Gasteiger partial charge < -0.3 is 9.64 Å². The van der Waals surface area contributed by atoms with Crippen LogP contribution in [0.4, 0.5) is 0 Å². The molecule has 0 saturated heterocycles. The van der Waals surface area contributed by atoms with E-state index in [4.69, 9.17) is 4.74 Å². The highest BCUT2D eigenvalue weighted by Crippen LogP contribution is 2.28. The number of H-pyrrole nitrogens is 1. The monoisotopic (exact) mass is 339 g/mol. The molecule has 1 amide bonds. The maximum Gasteiger partial charge on any atom is 0.248 e. The fourth-order valence-electron chi connectivity index (χ4n) is 3.85. The van der Waals surface area contributed by atoms with E-state index in [0.717, 1.165) is 48.3 Å². The number of benzene rings is 1. The Hall–Kier alpha value is -2.14. The molecule has 1 N–H and O–H groups in total. The van der Waals surface area contributed by atoms with Gasteiger partial charge in [-0.2, -0.15) is 5.10 Å². The van der Waals surface area contributed by atoms with Gasteiger partial charge in [-0.1, -0.05) is 49.6 Å². The molecule has 0 spiro atoms. The van der Waals surface area contributed by atoms with Gasteiger partial charge in [0.1, 0.15) is 6.61 Å². The van der Waals surface area contributed by atoms with Crippen molar-refractivity contribution in [2.24, 2.45) is 0 Å². The van der Waals surface area contributed by atoms with Crippen LogP contribution in [0.2, 0.25) is 0 Å². The Bertz CT molecular complexity index is 720. The van der Waals surface area contributed by atoms with Crippen LogP contribution in [0.1, 0.15) is 43.4 Å². The van der Waals surface area contributed by atoms with Crippen molar-refractivity contribution in [1.29, 1.82) is 0 Å². The molecule has 5 nitrogen and oxygen atoms in total. The summed E-state index contributed by atoms with van der Waals surface area (Å²) in [7, 11) is 0. The topological polar surface area (TPSA) is 58.2 Å². The Balaban J connectivity index is 1.41. The van der Waals surface area contributed by atoms with Crippen molar-refractivity contribution in [2.45, 2.75) is 51.2 Å². The van der Waals surface area contributed by atoms with Gasteiger partial charge >= 0.3 is 0 Å². The Morgan fingerprint density at radius 3 is 2.80 bits per heavy atom. The van der Waals surface area contributed by atoms with Crippen molar-refractivity contribution < 1.29 is 9.53 Å². The molecule has 1 aliphatic heterocycles. The molecular formula is C20H25N3O2. The highest BCUT2D eigenvalue weighted by molar-refractivity contribution is 5.78. The molecule has 1 saturated carbocycles. The molecule has 1 aliphatic carbocycles. The number of hydrogen-bond acceptors (Lipinski definition) is 3. The van der Waals surface area contributed by atoms with Gasteiger partial charge in [-0.3, -0.25) is 9.89 Å². The van der Waals surface area contributed by atoms with Crippen molar-refractivity contribution >= 4 is 5.91 Å². The third kappa shape index (κ3) is 3.61. The lowest BCUT2D eigenvalue weighted by Gasteiger charge is -2.28. The largest absolute Gasteiger partial charge is 0.368 e. The van der Waals surface area contributed by atoms with E-state index < -0.39 is 0 Å². The van der Waals surface area contributed by atoms with Crippen molar-refractivity contribution in [2.75, 3.05) is 13.2 Å². The molecule has 2 heterocycles. The predicted octanol–water partition coefficient (Wildman–Crippen LogP) is 3.31. The van der Waals surface area contributed by atoms with Gasteiger partial charge in [0.05, 0.1) is 11.8 Å². The van der Waals surface area contributed by atoms with Crippen LogP contribution in [0.15, 0.2) is 30.3 Å². The maximum atomic E-state index is 12.6. The van der Waals surface area contributed by atoms with Gasteiger partial charge in [0.2, 0.25) is 5.91 Å². The second kappa shape index (κ2) is 7.40. The van der Waals surface area contributed by atoms with E-state index >= 15 is 0 Å². The highest BCUT2D eigenvalue weighted by Gasteiger charge is 2.26. The summed E-state index contributed by atoms with van der Waals surface area (Å²) >= 11 is 0. The van der Waals surface area contributed by atoms with Gasteiger partial charge in [-0.25, -0.2) is 0 Å². The van der Waals surface area contributed by atoms with E-state index in [-0.39, 0.29) is 18.6 Å². The number of hydrogen-bond donors (Lipinski definition) is 1. The molecule has 2 aliphatic rings. The fraction of sp³-hybridized carbons (Fsp3) is 0.500. The average molecular weight is 339 g/mol. The number of carbonyl (C=O) groups is 1. The molecule has 132 valence electrons. The highest BCUT2D eigenvalue weighted by atomic mass is 16.5. The van der Waals surface area contributed by atoms with Gasteiger partial charge in [-0.05, 0) is 12.8 Å². The Labute approximate surface area is 148 Å². The van der Waals surface area contributed by atoms with Gasteiger partial charge in [0, 0.05) is 36.3 Å². The summed E-state index contributed by atoms with van der Waals surface area (Å²) in [5.74, 6) is 0.0939. The molecule has 1 aromatic carbocycles. The Morgan fingerprint density at radius 1 is 1.20 bits per heavy atom. The van der Waals surface area contributed by atoms with Crippen molar-refractivity contribution in [3.8, 4) is 11.3 Å². The summed E-state index contributed by atoms with van der Waals surface area (Å²) in [6.45, 7) is 1.55. The first-order chi connectivity index (χ1) is 12.3. The number of aromatic amines is 1. The number of aromatic nitrogens is 2. The predicted molar refractivity (Wildman–Crippen MR) is 96.0 cm³/mol. The first kappa shape index (κ1) is 16.3. The number of carbonyl (C=O) groups excluding carboxylic acids is 1. The van der Waals surface area contributed by atoms with Crippen LogP contribution in [0, 0.1) is 0 Å². The van der Waals surface area contributed by atoms with Crippen molar-refractivity contribution in [3.63, 3.8) is 0 Å². The quantitative estimate of drug-likeness (QED) is 0.930. The molecule has 5 heteroatoms. The molecule has 1 fully saturated rings. The van der Waals surface area contributed by atoms with E-state index in [2.05, 4.69) is 22.3 Å². The summed E-state index contributed by atoms with van der Waals surface area (Å²) in [5, 5.41) is 7.64. The smallest absolute Gasteiger partial charge is 0.248 e. The van der Waals surface area contributed by atoms with Crippen LogP contribution >= 0.6 is 0 Å². The third-order valence-corrected chi connectivity index (χ3v) is 5.33.